The Morgan fingerprint density at radius 3 is 2.60 bits per heavy atom. The van der Waals surface area contributed by atoms with E-state index in [9.17, 15) is 29.4 Å². The summed E-state index contributed by atoms with van der Waals surface area (Å²) in [7, 11) is 0. The number of nitrogens with zero attached hydrogens (tertiary/aromatic N) is 2. The average molecular weight is 645 g/mol. The van der Waals surface area contributed by atoms with E-state index >= 15 is 0 Å². The fourth-order valence-electron chi connectivity index (χ4n) is 3.98. The molecule has 0 spiro atoms. The number of pyridine rings is 1. The molecule has 1 aromatic heterocycles. The van der Waals surface area contributed by atoms with E-state index in [1.807, 2.05) is 0 Å². The molecule has 15 heteroatoms. The van der Waals surface area contributed by atoms with Crippen LogP contribution in [0.2, 0.25) is 10.0 Å². The summed E-state index contributed by atoms with van der Waals surface area (Å²) in [6.45, 7) is 0.318. The minimum atomic E-state index is -1.45. The van der Waals surface area contributed by atoms with E-state index in [4.69, 9.17) is 28.3 Å². The molecule has 212 valence electrons. The number of amides is 2. The van der Waals surface area contributed by atoms with Gasteiger partial charge in [0.05, 0.1) is 22.4 Å². The van der Waals surface area contributed by atoms with Crippen molar-refractivity contribution in [3.63, 3.8) is 0 Å². The number of β-lactam (4-membered cyclic amide) rings is 1. The Balaban J connectivity index is 1.33. The van der Waals surface area contributed by atoms with Crippen molar-refractivity contribution in [3.05, 3.63) is 64.0 Å². The van der Waals surface area contributed by atoms with E-state index in [-0.39, 0.29) is 17.9 Å². The summed E-state index contributed by atoms with van der Waals surface area (Å²) < 4.78 is 1.73. The zero-order valence-electron chi connectivity index (χ0n) is 20.6. The number of aryl methyl sites for hydroxylation is 1. The number of rotatable bonds is 12. The second-order valence-corrected chi connectivity index (χ2v) is 12.8. The number of aromatic nitrogens is 1. The summed E-state index contributed by atoms with van der Waals surface area (Å²) in [6, 6.07) is 7.66. The van der Waals surface area contributed by atoms with Gasteiger partial charge in [0.15, 0.2) is 25.0 Å². The van der Waals surface area contributed by atoms with Crippen LogP contribution in [0.1, 0.15) is 6.42 Å². The van der Waals surface area contributed by atoms with E-state index in [1.54, 1.807) is 47.3 Å². The predicted molar refractivity (Wildman–Crippen MR) is 150 cm³/mol. The van der Waals surface area contributed by atoms with E-state index in [1.165, 1.54) is 40.2 Å². The zero-order valence-corrected chi connectivity index (χ0v) is 24.6. The molecule has 2 amide bonds. The third-order valence-corrected chi connectivity index (χ3v) is 10.2. The molecule has 2 aliphatic rings. The molecular formula is C25H23Cl2N3O7S3. The van der Waals surface area contributed by atoms with Crippen LogP contribution in [-0.2, 0) is 25.7 Å². The summed E-state index contributed by atoms with van der Waals surface area (Å²) in [4.78, 5) is 50.8. The van der Waals surface area contributed by atoms with Gasteiger partial charge in [-0.1, -0.05) is 23.2 Å². The standard InChI is InChI=1S/C25H23Cl2N3O7S3/c26-14-1-2-16(27)18(9-14)39-12-19(32)28-20-22(33)30-21(25(36)37)13(11-40-23(20)30)10-38-15-3-6-29(7-4-15)8-5-17(31)24(34)35/h1-4,6-7,9,17,20,23,31H,5,8,10-12H2,(H2-,28,32,34,35,36,37)/t17-,20+,23+/m0/s1. The largest absolute Gasteiger partial charge is 0.543 e. The number of hydrogen-bond donors (Lipinski definition) is 3. The normalized spacial score (nSPS) is 19.1. The molecule has 40 heavy (non-hydrogen) atoms. The molecule has 2 aliphatic heterocycles. The minimum absolute atomic E-state index is 0.00349. The molecule has 0 saturated carbocycles. The molecule has 1 aromatic carbocycles. The quantitative estimate of drug-likeness (QED) is 0.176. The number of aliphatic hydroxyl groups excluding tert-OH is 1. The van der Waals surface area contributed by atoms with E-state index in [2.05, 4.69) is 5.32 Å². The molecule has 3 atom stereocenters. The second kappa shape index (κ2) is 13.5. The molecule has 10 nitrogen and oxygen atoms in total. The lowest BCUT2D eigenvalue weighted by Crippen LogP contribution is -2.71. The lowest BCUT2D eigenvalue weighted by atomic mass is 10.0. The van der Waals surface area contributed by atoms with Gasteiger partial charge in [0.1, 0.15) is 11.4 Å². The third-order valence-electron chi connectivity index (χ3n) is 6.03. The zero-order chi connectivity index (χ0) is 29.0. The van der Waals surface area contributed by atoms with Gasteiger partial charge in [0.2, 0.25) is 5.91 Å². The molecule has 0 unspecified atom stereocenters. The maximum Gasteiger partial charge on any atom is 0.332 e. The third kappa shape index (κ3) is 7.25. The number of halogens is 2. The molecular weight excluding hydrogens is 621 g/mol. The summed E-state index contributed by atoms with van der Waals surface area (Å²) >= 11 is 16.0. The van der Waals surface area contributed by atoms with Crippen LogP contribution in [0.4, 0.5) is 0 Å². The highest BCUT2D eigenvalue weighted by Crippen LogP contribution is 2.41. The van der Waals surface area contributed by atoms with Crippen molar-refractivity contribution in [2.75, 3.05) is 17.3 Å². The highest BCUT2D eigenvalue weighted by molar-refractivity contribution is 8.01. The van der Waals surface area contributed by atoms with Crippen LogP contribution in [0, 0.1) is 0 Å². The summed E-state index contributed by atoms with van der Waals surface area (Å²) in [5.74, 6) is -2.96. The molecule has 3 N–H and O–H groups in total. The predicted octanol–water partition coefficient (Wildman–Crippen LogP) is 1.40. The first-order valence-corrected chi connectivity index (χ1v) is 15.6. The number of aliphatic hydroxyl groups is 1. The summed E-state index contributed by atoms with van der Waals surface area (Å²) in [5.41, 5.74) is 0.373. The topological polar surface area (TPSA) is 151 Å². The SMILES string of the molecule is O=C(CSc1cc(Cl)ccc1Cl)N[C@@H]1C(=O)N2C(C(=O)[O-])=C(CSc3cc[n+](CC[C@H](O)C(=O)O)cc3)CS[C@H]12. The minimum Gasteiger partial charge on any atom is -0.543 e. The Labute approximate surface area is 252 Å². The fourth-order valence-corrected chi connectivity index (χ4v) is 7.66. The first-order chi connectivity index (χ1) is 19.0. The van der Waals surface area contributed by atoms with Crippen molar-refractivity contribution in [2.45, 2.75) is 40.3 Å². The lowest BCUT2D eigenvalue weighted by Gasteiger charge is -2.50. The summed E-state index contributed by atoms with van der Waals surface area (Å²) in [6.07, 6.45) is 2.10. The van der Waals surface area contributed by atoms with Crippen LogP contribution < -0.4 is 15.0 Å². The van der Waals surface area contributed by atoms with Crippen molar-refractivity contribution in [1.82, 2.24) is 10.2 Å². The number of hydrogen-bond acceptors (Lipinski definition) is 9. The molecule has 1 saturated heterocycles. The monoisotopic (exact) mass is 643 g/mol. The lowest BCUT2D eigenvalue weighted by molar-refractivity contribution is -0.698. The number of aliphatic carboxylic acids is 2. The van der Waals surface area contributed by atoms with Crippen LogP contribution in [0.3, 0.4) is 0 Å². The average Bonchev–Trinajstić information content (AvgIpc) is 2.93. The highest BCUT2D eigenvalue weighted by Gasteiger charge is 2.52. The van der Waals surface area contributed by atoms with Gasteiger partial charge in [-0.05, 0) is 23.8 Å². The van der Waals surface area contributed by atoms with Crippen molar-refractivity contribution in [3.8, 4) is 0 Å². The number of carbonyl (C=O) groups is 4. The molecule has 0 aliphatic carbocycles. The van der Waals surface area contributed by atoms with Gasteiger partial charge in [0, 0.05) is 44.9 Å². The van der Waals surface area contributed by atoms with E-state index < -0.39 is 41.3 Å². The molecule has 0 bridgehead atoms. The number of carbonyl (C=O) groups excluding carboxylic acids is 3. The molecule has 1 fully saturated rings. The maximum absolute atomic E-state index is 12.9. The van der Waals surface area contributed by atoms with E-state index in [0.29, 0.717) is 38.6 Å². The van der Waals surface area contributed by atoms with Crippen molar-refractivity contribution < 1.29 is 39.1 Å². The Bertz CT molecular complexity index is 1360. The van der Waals surface area contributed by atoms with Crippen LogP contribution in [0.5, 0.6) is 0 Å². The number of benzene rings is 1. The highest BCUT2D eigenvalue weighted by atomic mass is 35.5. The maximum atomic E-state index is 12.9. The Hall–Kier alpha value is -2.42. The van der Waals surface area contributed by atoms with Crippen molar-refractivity contribution in [1.29, 1.82) is 0 Å². The fraction of sp³-hybridized carbons (Fsp3) is 0.320. The van der Waals surface area contributed by atoms with Crippen LogP contribution >= 0.6 is 58.5 Å². The first-order valence-electron chi connectivity index (χ1n) is 11.8. The van der Waals surface area contributed by atoms with E-state index in [0.717, 1.165) is 4.90 Å². The van der Waals surface area contributed by atoms with Gasteiger partial charge in [0.25, 0.3) is 5.91 Å². The van der Waals surface area contributed by atoms with Crippen molar-refractivity contribution >= 4 is 82.2 Å². The smallest absolute Gasteiger partial charge is 0.332 e. The van der Waals surface area contributed by atoms with Gasteiger partial charge in [-0.15, -0.1) is 35.3 Å². The Morgan fingerprint density at radius 1 is 1.20 bits per heavy atom. The van der Waals surface area contributed by atoms with Gasteiger partial charge in [-0.3, -0.25) is 14.5 Å². The summed E-state index contributed by atoms with van der Waals surface area (Å²) in [5, 5.41) is 33.3. The number of nitrogens with one attached hydrogen (secondary N) is 1. The Morgan fingerprint density at radius 2 is 1.93 bits per heavy atom. The van der Waals surface area contributed by atoms with Crippen LogP contribution in [0.15, 0.2) is 63.8 Å². The molecule has 2 aromatic rings. The van der Waals surface area contributed by atoms with Crippen LogP contribution in [-0.4, -0.2) is 73.6 Å². The molecule has 3 heterocycles. The molecule has 0 radical (unpaired) electrons. The first kappa shape index (κ1) is 30.5. The van der Waals surface area contributed by atoms with Gasteiger partial charge in [-0.2, -0.15) is 0 Å². The number of carboxylic acid groups (broad SMARTS) is 2. The van der Waals surface area contributed by atoms with Crippen LogP contribution in [0.25, 0.3) is 0 Å². The van der Waals surface area contributed by atoms with Gasteiger partial charge < -0.3 is 25.4 Å². The second-order valence-electron chi connectivity index (χ2n) is 8.76. The Kier molecular flexibility index (Phi) is 10.3. The van der Waals surface area contributed by atoms with Gasteiger partial charge in [-0.25, -0.2) is 9.36 Å². The van der Waals surface area contributed by atoms with Crippen molar-refractivity contribution in [2.24, 2.45) is 0 Å². The number of thioether (sulfide) groups is 3. The van der Waals surface area contributed by atoms with Gasteiger partial charge >= 0.3 is 5.97 Å². The number of fused-ring (bicyclic) bond motifs is 1. The number of carboxylic acids is 2. The molecule has 4 rings (SSSR count).